The van der Waals surface area contributed by atoms with Crippen molar-refractivity contribution in [2.24, 2.45) is 7.05 Å². The largest absolute Gasteiger partial charge is 0.724 e. The lowest BCUT2D eigenvalue weighted by Gasteiger charge is -2.32. The van der Waals surface area contributed by atoms with Crippen molar-refractivity contribution < 1.29 is 36.1 Å². The monoisotopic (exact) mass is 526 g/mol. The molecule has 2 aliphatic heterocycles. The Bertz CT molecular complexity index is 1280. The molecule has 0 spiro atoms. The van der Waals surface area contributed by atoms with E-state index in [0.717, 1.165) is 11.0 Å². The second-order valence-corrected chi connectivity index (χ2v) is 11.0. The lowest BCUT2D eigenvalue weighted by Crippen LogP contribution is -2.44. The fourth-order valence-electron chi connectivity index (χ4n) is 4.35. The summed E-state index contributed by atoms with van der Waals surface area (Å²) >= 11 is 0. The van der Waals surface area contributed by atoms with E-state index in [-0.39, 0.29) is 13.2 Å². The van der Waals surface area contributed by atoms with Crippen LogP contribution in [0.5, 0.6) is 5.75 Å². The van der Waals surface area contributed by atoms with Gasteiger partial charge in [-0.25, -0.2) is 13.2 Å². The number of aromatic nitrogens is 4. The van der Waals surface area contributed by atoms with Crippen LogP contribution in [0.3, 0.4) is 0 Å². The average molecular weight is 527 g/mol. The van der Waals surface area contributed by atoms with Gasteiger partial charge in [0.15, 0.2) is 11.8 Å². The molecule has 2 unspecified atom stereocenters. The molecule has 0 saturated carbocycles. The van der Waals surface area contributed by atoms with Crippen LogP contribution in [-0.2, 0) is 39.7 Å². The fourth-order valence-corrected chi connectivity index (χ4v) is 4.71. The van der Waals surface area contributed by atoms with Crippen LogP contribution in [0.2, 0.25) is 0 Å². The molecule has 2 aromatic heterocycles. The number of rotatable bonds is 9. The predicted molar refractivity (Wildman–Crippen MR) is 122 cm³/mol. The van der Waals surface area contributed by atoms with Gasteiger partial charge in [0.1, 0.15) is 18.3 Å². The molecule has 36 heavy (non-hydrogen) atoms. The summed E-state index contributed by atoms with van der Waals surface area (Å²) in [5.41, 5.74) is 1.17. The van der Waals surface area contributed by atoms with Gasteiger partial charge in [0.2, 0.25) is 10.4 Å². The van der Waals surface area contributed by atoms with Gasteiger partial charge in [0.25, 0.3) is 5.91 Å². The maximum atomic E-state index is 13.1. The van der Waals surface area contributed by atoms with E-state index in [2.05, 4.69) is 35.6 Å². The van der Waals surface area contributed by atoms with Crippen molar-refractivity contribution in [1.82, 2.24) is 34.4 Å². The summed E-state index contributed by atoms with van der Waals surface area (Å²) in [4.78, 5) is 28.5. The summed E-state index contributed by atoms with van der Waals surface area (Å²) in [6.45, 7) is 1.44. The van der Waals surface area contributed by atoms with Crippen LogP contribution in [-0.4, -0.2) is 112 Å². The zero-order valence-corrected chi connectivity index (χ0v) is 21.8. The molecule has 198 valence electrons. The van der Waals surface area contributed by atoms with E-state index in [4.69, 9.17) is 4.74 Å². The van der Waals surface area contributed by atoms with Crippen molar-refractivity contribution in [3.8, 4) is 5.75 Å². The number of urea groups is 1. The van der Waals surface area contributed by atoms with Gasteiger partial charge in [-0.15, -0.1) is 0 Å². The van der Waals surface area contributed by atoms with Crippen molar-refractivity contribution in [1.29, 1.82) is 0 Å². The SMILES string of the molecule is CN(C)C(=O)C1c2c(c(COc3cnn(CC[N+](C)(C)C)c3)nn2C)C2CN1C(=O)N2OS(=O)(=O)[O-]. The molecule has 15 nitrogen and oxygen atoms in total. The minimum atomic E-state index is -5.25. The number of aryl methyl sites for hydroxylation is 1. The van der Waals surface area contributed by atoms with E-state index in [1.54, 1.807) is 38.2 Å². The van der Waals surface area contributed by atoms with Crippen LogP contribution in [0.25, 0.3) is 0 Å². The Balaban J connectivity index is 1.65. The number of fused-ring (bicyclic) bond motifs is 4. The van der Waals surface area contributed by atoms with Gasteiger partial charge in [-0.1, -0.05) is 0 Å². The first-order valence-corrected chi connectivity index (χ1v) is 12.5. The first kappa shape index (κ1) is 25.9. The highest BCUT2D eigenvalue weighted by molar-refractivity contribution is 7.80. The van der Waals surface area contributed by atoms with Crippen LogP contribution in [0.4, 0.5) is 4.79 Å². The standard InChI is InChI=1S/C20H30N8O7S/c1-23(2)19(29)18-17-16(15-11-26(18)20(30)27(15)35-36(31,32)33)14(22-24(17)3)12-34-13-9-21-25(10-13)7-8-28(4,5)6/h9-10,15,18H,7-8,11-12H2,1-6H3. The molecule has 0 N–H and O–H groups in total. The molecule has 3 amide bonds. The first-order chi connectivity index (χ1) is 16.7. The topological polar surface area (TPSA) is 155 Å². The van der Waals surface area contributed by atoms with Gasteiger partial charge in [-0.3, -0.25) is 14.2 Å². The molecule has 1 fully saturated rings. The Labute approximate surface area is 208 Å². The number of hydrogen-bond donors (Lipinski definition) is 0. The number of hydrogen-bond acceptors (Lipinski definition) is 9. The lowest BCUT2D eigenvalue weighted by molar-refractivity contribution is -0.871. The summed E-state index contributed by atoms with van der Waals surface area (Å²) in [6.07, 6.45) is 3.33. The number of carbonyl (C=O) groups excluding carboxylic acids is 2. The van der Waals surface area contributed by atoms with Crippen LogP contribution in [0, 0.1) is 0 Å². The van der Waals surface area contributed by atoms with Gasteiger partial charge in [-0.2, -0.15) is 19.5 Å². The number of nitrogens with zero attached hydrogens (tertiary/aromatic N) is 8. The second kappa shape index (κ2) is 9.02. The number of amides is 3. The molecule has 1 saturated heterocycles. The molecule has 2 bridgehead atoms. The summed E-state index contributed by atoms with van der Waals surface area (Å²) in [7, 11) is 5.70. The zero-order chi connectivity index (χ0) is 26.6. The van der Waals surface area contributed by atoms with E-state index >= 15 is 0 Å². The van der Waals surface area contributed by atoms with Crippen LogP contribution < -0.4 is 4.74 Å². The van der Waals surface area contributed by atoms with E-state index in [1.165, 1.54) is 14.5 Å². The fraction of sp³-hybridized carbons (Fsp3) is 0.600. The second-order valence-electron chi connectivity index (χ2n) is 10.0. The van der Waals surface area contributed by atoms with E-state index < -0.39 is 34.4 Å². The summed E-state index contributed by atoms with van der Waals surface area (Å²) in [6, 6.07) is -2.95. The third-order valence-electron chi connectivity index (χ3n) is 6.03. The Morgan fingerprint density at radius 1 is 1.31 bits per heavy atom. The smallest absolute Gasteiger partial charge is 0.346 e. The molecule has 16 heteroatoms. The molecule has 0 radical (unpaired) electrons. The number of ether oxygens (including phenoxy) is 1. The minimum absolute atomic E-state index is 0.0459. The highest BCUT2D eigenvalue weighted by atomic mass is 32.3. The Morgan fingerprint density at radius 3 is 2.61 bits per heavy atom. The first-order valence-electron chi connectivity index (χ1n) is 11.1. The van der Waals surface area contributed by atoms with Gasteiger partial charge in [-0.05, 0) is 0 Å². The Hall–Kier alpha value is -3.21. The predicted octanol–water partition coefficient (Wildman–Crippen LogP) is -0.785. The highest BCUT2D eigenvalue weighted by Gasteiger charge is 2.54. The summed E-state index contributed by atoms with van der Waals surface area (Å²) in [5.74, 6) is 0.0794. The van der Waals surface area contributed by atoms with Crippen molar-refractivity contribution >= 4 is 22.3 Å². The number of quaternary nitrogens is 1. The third kappa shape index (κ3) is 5.02. The molecule has 4 heterocycles. The molecule has 2 aromatic rings. The van der Waals surface area contributed by atoms with Crippen LogP contribution in [0.15, 0.2) is 12.4 Å². The minimum Gasteiger partial charge on any atom is -0.724 e. The quantitative estimate of drug-likeness (QED) is 0.232. The van der Waals surface area contributed by atoms with Gasteiger partial charge in [0.05, 0.1) is 58.9 Å². The molecule has 2 atom stereocenters. The molecule has 0 aromatic carbocycles. The molecule has 4 rings (SSSR count). The molecule has 0 aliphatic carbocycles. The van der Waals surface area contributed by atoms with Crippen molar-refractivity contribution in [2.75, 3.05) is 48.3 Å². The highest BCUT2D eigenvalue weighted by Crippen LogP contribution is 2.46. The van der Waals surface area contributed by atoms with Gasteiger partial charge in [0, 0.05) is 26.7 Å². The van der Waals surface area contributed by atoms with Crippen LogP contribution >= 0.6 is 0 Å². The molecule has 2 aliphatic rings. The van der Waals surface area contributed by atoms with Gasteiger partial charge < -0.3 is 23.6 Å². The van der Waals surface area contributed by atoms with E-state index in [1.807, 2.05) is 0 Å². The lowest BCUT2D eigenvalue weighted by atomic mass is 9.94. The van der Waals surface area contributed by atoms with Crippen molar-refractivity contribution in [2.45, 2.75) is 25.2 Å². The van der Waals surface area contributed by atoms with Crippen LogP contribution in [0.1, 0.15) is 29.0 Å². The Kier molecular flexibility index (Phi) is 6.48. The molecular weight excluding hydrogens is 496 g/mol. The summed E-state index contributed by atoms with van der Waals surface area (Å²) in [5, 5.41) is 9.29. The maximum Gasteiger partial charge on any atom is 0.346 e. The van der Waals surface area contributed by atoms with E-state index in [9.17, 15) is 22.6 Å². The number of carbonyl (C=O) groups is 2. The Morgan fingerprint density at radius 2 is 2.00 bits per heavy atom. The maximum absolute atomic E-state index is 13.1. The number of hydroxylamine groups is 2. The summed E-state index contributed by atoms with van der Waals surface area (Å²) < 4.78 is 48.5. The third-order valence-corrected chi connectivity index (χ3v) is 6.37. The zero-order valence-electron chi connectivity index (χ0n) is 21.0. The average Bonchev–Trinajstić information content (AvgIpc) is 3.42. The van der Waals surface area contributed by atoms with E-state index in [0.29, 0.717) is 34.3 Å². The van der Waals surface area contributed by atoms with Gasteiger partial charge >= 0.3 is 6.03 Å². The normalized spacial score (nSPS) is 19.6. The number of likely N-dealkylation sites (N-methyl/N-ethyl adjacent to an activating group) is 2. The molecular formula is C20H30N8O7S. The van der Waals surface area contributed by atoms with Crippen molar-refractivity contribution in [3.05, 3.63) is 29.3 Å². The van der Waals surface area contributed by atoms with Crippen molar-refractivity contribution in [3.63, 3.8) is 0 Å².